The Morgan fingerprint density at radius 1 is 0.714 bits per heavy atom. The van der Waals surface area contributed by atoms with Gasteiger partial charge in [-0.25, -0.2) is 8.78 Å². The van der Waals surface area contributed by atoms with Gasteiger partial charge >= 0.3 is 0 Å². The summed E-state index contributed by atoms with van der Waals surface area (Å²) in [5.41, 5.74) is 7.91. The van der Waals surface area contributed by atoms with E-state index in [1.807, 2.05) is 0 Å². The van der Waals surface area contributed by atoms with E-state index in [9.17, 15) is 13.3 Å². The van der Waals surface area contributed by atoms with Gasteiger partial charge < -0.3 is 0 Å². The molecular formula is C23H29F2OPSi. The summed E-state index contributed by atoms with van der Waals surface area (Å²) >= 11 is 0. The molecule has 0 aliphatic rings. The van der Waals surface area contributed by atoms with Crippen molar-refractivity contribution in [3.63, 3.8) is 0 Å². The van der Waals surface area contributed by atoms with Crippen molar-refractivity contribution >= 4 is 25.8 Å². The Balaban J connectivity index is 2.74. The molecule has 0 aliphatic carbocycles. The van der Waals surface area contributed by atoms with Crippen molar-refractivity contribution in [1.29, 1.82) is 0 Å². The number of hydrogen-bond acceptors (Lipinski definition) is 1. The standard InChI is InChI=1S/C23H29F2OPSi/c1-17(2)28(18(3)4,19(5)6)16-15-27(26,22-11-7-20(24)8-12-22)23-13-9-21(25)10-14-23/h7-14,17-19H,1-6H3. The SMILES string of the molecule is CC(C)[Si](C#CP(=O)(c1ccc(F)cc1)c1ccc(F)cc1)(C(C)C)C(C)C. The fourth-order valence-electron chi connectivity index (χ4n) is 4.19. The molecule has 5 heteroatoms. The van der Waals surface area contributed by atoms with Crippen molar-refractivity contribution in [2.75, 3.05) is 0 Å². The maximum atomic E-state index is 14.2. The second kappa shape index (κ2) is 8.76. The molecule has 2 aromatic rings. The van der Waals surface area contributed by atoms with E-state index in [4.69, 9.17) is 0 Å². The van der Waals surface area contributed by atoms with Crippen LogP contribution in [0.15, 0.2) is 48.5 Å². The summed E-state index contributed by atoms with van der Waals surface area (Å²) in [4.78, 5) is 0. The van der Waals surface area contributed by atoms with E-state index in [0.29, 0.717) is 27.2 Å². The molecule has 2 rings (SSSR count). The summed E-state index contributed by atoms with van der Waals surface area (Å²) in [5.74, 6) is -0.782. The number of benzene rings is 2. The summed E-state index contributed by atoms with van der Waals surface area (Å²) in [5, 5.41) is 0.958. The Kier molecular flexibility index (Phi) is 7.07. The van der Waals surface area contributed by atoms with Crippen LogP contribution in [-0.4, -0.2) is 8.07 Å². The molecule has 0 atom stereocenters. The van der Waals surface area contributed by atoms with E-state index in [-0.39, 0.29) is 0 Å². The second-order valence-corrected chi connectivity index (χ2v) is 16.3. The van der Waals surface area contributed by atoms with Gasteiger partial charge in [0, 0.05) is 10.6 Å². The molecule has 150 valence electrons. The van der Waals surface area contributed by atoms with Crippen molar-refractivity contribution in [2.45, 2.75) is 58.2 Å². The van der Waals surface area contributed by atoms with Crippen LogP contribution in [0.2, 0.25) is 16.6 Å². The molecule has 0 heterocycles. The minimum atomic E-state index is -3.34. The lowest BCUT2D eigenvalue weighted by Crippen LogP contribution is -2.43. The van der Waals surface area contributed by atoms with Crippen LogP contribution in [0.25, 0.3) is 0 Å². The summed E-state index contributed by atoms with van der Waals surface area (Å²) in [6.45, 7) is 13.2. The van der Waals surface area contributed by atoms with Crippen LogP contribution in [0.4, 0.5) is 8.78 Å². The zero-order valence-corrected chi connectivity index (χ0v) is 19.4. The van der Waals surface area contributed by atoms with Crippen LogP contribution in [0.1, 0.15) is 41.5 Å². The van der Waals surface area contributed by atoms with Gasteiger partial charge in [-0.05, 0) is 70.8 Å². The van der Waals surface area contributed by atoms with E-state index < -0.39 is 26.9 Å². The quantitative estimate of drug-likeness (QED) is 0.309. The fourth-order valence-corrected chi connectivity index (χ4v) is 12.2. The van der Waals surface area contributed by atoms with Crippen molar-refractivity contribution in [1.82, 2.24) is 0 Å². The highest BCUT2D eigenvalue weighted by molar-refractivity contribution is 7.83. The molecule has 0 saturated carbocycles. The lowest BCUT2D eigenvalue weighted by molar-refractivity contribution is 0.592. The lowest BCUT2D eigenvalue weighted by Gasteiger charge is -2.38. The van der Waals surface area contributed by atoms with Gasteiger partial charge in [0.05, 0.1) is 0 Å². The first-order valence-electron chi connectivity index (χ1n) is 9.70. The first-order chi connectivity index (χ1) is 13.0. The van der Waals surface area contributed by atoms with Gasteiger partial charge in [0.15, 0.2) is 0 Å². The molecule has 0 radical (unpaired) electrons. The van der Waals surface area contributed by atoms with Crippen LogP contribution in [-0.2, 0) is 4.57 Å². The molecule has 0 fully saturated rings. The molecule has 0 spiro atoms. The van der Waals surface area contributed by atoms with E-state index in [0.717, 1.165) is 0 Å². The third kappa shape index (κ3) is 4.32. The molecule has 0 unspecified atom stereocenters. The number of hydrogen-bond donors (Lipinski definition) is 0. The van der Waals surface area contributed by atoms with Gasteiger partial charge in [-0.3, -0.25) is 4.57 Å². The summed E-state index contributed by atoms with van der Waals surface area (Å²) < 4.78 is 41.1. The molecule has 2 aromatic carbocycles. The molecule has 0 saturated heterocycles. The Labute approximate surface area is 169 Å². The largest absolute Gasteiger partial charge is 0.300 e. The first-order valence-corrected chi connectivity index (χ1v) is 13.6. The minimum Gasteiger partial charge on any atom is -0.300 e. The monoisotopic (exact) mass is 418 g/mol. The van der Waals surface area contributed by atoms with Gasteiger partial charge in [0.1, 0.15) is 19.7 Å². The minimum absolute atomic E-state index is 0.391. The fraction of sp³-hybridized carbons (Fsp3) is 0.391. The predicted molar refractivity (Wildman–Crippen MR) is 118 cm³/mol. The van der Waals surface area contributed by atoms with E-state index >= 15 is 0 Å². The summed E-state index contributed by atoms with van der Waals surface area (Å²) in [7, 11) is -5.45. The Morgan fingerprint density at radius 3 is 1.32 bits per heavy atom. The van der Waals surface area contributed by atoms with Crippen molar-refractivity contribution in [2.24, 2.45) is 0 Å². The highest BCUT2D eigenvalue weighted by Gasteiger charge is 2.42. The van der Waals surface area contributed by atoms with Crippen LogP contribution in [0.3, 0.4) is 0 Å². The zero-order valence-electron chi connectivity index (χ0n) is 17.5. The highest BCUT2D eigenvalue weighted by atomic mass is 31.2. The number of halogens is 2. The normalized spacial score (nSPS) is 12.4. The molecular weight excluding hydrogens is 389 g/mol. The van der Waals surface area contributed by atoms with Crippen molar-refractivity contribution < 1.29 is 13.3 Å². The Bertz CT molecular complexity index is 835. The summed E-state index contributed by atoms with van der Waals surface area (Å²) in [6, 6.07) is 11.3. The lowest BCUT2D eigenvalue weighted by atomic mass is 10.3. The Hall–Kier alpha value is -1.69. The van der Waals surface area contributed by atoms with Crippen LogP contribution >= 0.6 is 7.14 Å². The first kappa shape index (κ1) is 22.6. The average molecular weight is 419 g/mol. The van der Waals surface area contributed by atoms with Crippen molar-refractivity contribution in [3.05, 3.63) is 60.2 Å². The molecule has 1 nitrogen and oxygen atoms in total. The third-order valence-electron chi connectivity index (χ3n) is 5.68. The van der Waals surface area contributed by atoms with E-state index in [2.05, 4.69) is 52.7 Å². The van der Waals surface area contributed by atoms with Crippen LogP contribution < -0.4 is 10.6 Å². The molecule has 0 aromatic heterocycles. The van der Waals surface area contributed by atoms with Crippen LogP contribution in [0, 0.1) is 22.8 Å². The second-order valence-electron chi connectivity index (χ2n) is 8.20. The van der Waals surface area contributed by atoms with Gasteiger partial charge in [-0.1, -0.05) is 41.5 Å². The Morgan fingerprint density at radius 2 is 1.04 bits per heavy atom. The highest BCUT2D eigenvalue weighted by Crippen LogP contribution is 2.45. The van der Waals surface area contributed by atoms with Crippen LogP contribution in [0.5, 0.6) is 0 Å². The van der Waals surface area contributed by atoms with Gasteiger partial charge in [0.2, 0.25) is 7.14 Å². The van der Waals surface area contributed by atoms with Gasteiger partial charge in [0.25, 0.3) is 0 Å². The van der Waals surface area contributed by atoms with Gasteiger partial charge in [-0.2, -0.15) is 0 Å². The third-order valence-corrected chi connectivity index (χ3v) is 14.7. The molecule has 0 aliphatic heterocycles. The van der Waals surface area contributed by atoms with E-state index in [1.165, 1.54) is 48.5 Å². The average Bonchev–Trinajstić information content (AvgIpc) is 2.62. The molecule has 0 amide bonds. The smallest absolute Gasteiger partial charge is 0.210 e. The maximum absolute atomic E-state index is 14.2. The summed E-state index contributed by atoms with van der Waals surface area (Å²) in [6.07, 6.45) is 0. The van der Waals surface area contributed by atoms with Crippen molar-refractivity contribution in [3.8, 4) is 11.2 Å². The van der Waals surface area contributed by atoms with E-state index in [1.54, 1.807) is 0 Å². The predicted octanol–water partition coefficient (Wildman–Crippen LogP) is 6.46. The molecule has 0 N–H and O–H groups in total. The zero-order chi connectivity index (χ0) is 21.1. The maximum Gasteiger partial charge on any atom is 0.210 e. The van der Waals surface area contributed by atoms with Gasteiger partial charge in [-0.15, -0.1) is 5.54 Å². The topological polar surface area (TPSA) is 17.1 Å². The molecule has 0 bridgehead atoms. The molecule has 28 heavy (non-hydrogen) atoms. The number of rotatable bonds is 5.